The van der Waals surface area contributed by atoms with Crippen LogP contribution in [0.3, 0.4) is 0 Å². The molecule has 0 unspecified atom stereocenters. The lowest BCUT2D eigenvalue weighted by molar-refractivity contribution is -0.384. The van der Waals surface area contributed by atoms with Gasteiger partial charge in [0.25, 0.3) is 5.69 Å². The summed E-state index contributed by atoms with van der Waals surface area (Å²) in [5, 5.41) is 14.5. The molecule has 0 saturated carbocycles. The van der Waals surface area contributed by atoms with Crippen molar-refractivity contribution >= 4 is 23.0 Å². The van der Waals surface area contributed by atoms with Gasteiger partial charge in [0.1, 0.15) is 11.4 Å². The molecular weight excluding hydrogens is 292 g/mol. The molecule has 0 saturated heterocycles. The summed E-state index contributed by atoms with van der Waals surface area (Å²) in [6, 6.07) is 12.0. The molecule has 0 bridgehead atoms. The molecule has 0 amide bonds. The number of ether oxygens (including phenoxy) is 1. The first-order valence-corrected chi connectivity index (χ1v) is 6.87. The fraction of sp³-hybridized carbons (Fsp3) is 0.200. The van der Waals surface area contributed by atoms with E-state index in [-0.39, 0.29) is 5.69 Å². The molecule has 0 aliphatic rings. The minimum absolute atomic E-state index is 0.00494. The number of hydrogen-bond donors (Lipinski definition) is 1. The third kappa shape index (κ3) is 4.10. The monoisotopic (exact) mass is 306 g/mol. The molecule has 0 fully saturated rings. The van der Waals surface area contributed by atoms with Crippen molar-refractivity contribution in [2.75, 3.05) is 11.9 Å². The zero-order valence-electron chi connectivity index (χ0n) is 11.5. The highest BCUT2D eigenvalue weighted by Gasteiger charge is 2.13. The van der Waals surface area contributed by atoms with E-state index < -0.39 is 4.92 Å². The van der Waals surface area contributed by atoms with Gasteiger partial charge in [0.2, 0.25) is 0 Å². The number of anilines is 1. The van der Waals surface area contributed by atoms with Crippen LogP contribution in [0.4, 0.5) is 11.4 Å². The van der Waals surface area contributed by atoms with Crippen molar-refractivity contribution in [1.29, 1.82) is 0 Å². The highest BCUT2D eigenvalue weighted by atomic mass is 35.5. The van der Waals surface area contributed by atoms with Crippen LogP contribution in [0.5, 0.6) is 5.75 Å². The van der Waals surface area contributed by atoms with E-state index in [9.17, 15) is 10.1 Å². The van der Waals surface area contributed by atoms with Crippen LogP contribution in [0, 0.1) is 10.1 Å². The molecule has 0 aliphatic carbocycles. The molecule has 0 atom stereocenters. The lowest BCUT2D eigenvalue weighted by atomic mass is 10.2. The van der Waals surface area contributed by atoms with E-state index in [1.54, 1.807) is 6.07 Å². The first kappa shape index (κ1) is 15.1. The lowest BCUT2D eigenvalue weighted by Gasteiger charge is -2.09. The van der Waals surface area contributed by atoms with Crippen molar-refractivity contribution in [3.05, 3.63) is 63.2 Å². The van der Waals surface area contributed by atoms with Crippen molar-refractivity contribution < 1.29 is 9.66 Å². The van der Waals surface area contributed by atoms with E-state index in [0.29, 0.717) is 23.9 Å². The number of halogens is 1. The van der Waals surface area contributed by atoms with E-state index in [2.05, 4.69) is 5.32 Å². The van der Waals surface area contributed by atoms with Crippen LogP contribution in [-0.4, -0.2) is 11.5 Å². The highest BCUT2D eigenvalue weighted by molar-refractivity contribution is 6.31. The third-order valence-electron chi connectivity index (χ3n) is 2.87. The first-order valence-electron chi connectivity index (χ1n) is 6.49. The maximum absolute atomic E-state index is 11.0. The predicted octanol–water partition coefficient (Wildman–Crippen LogP) is 4.26. The molecular formula is C15H15ClN2O3. The second-order valence-electron chi connectivity index (χ2n) is 4.35. The van der Waals surface area contributed by atoms with Crippen LogP contribution in [0.25, 0.3) is 0 Å². The standard InChI is InChI=1S/C15H15ClN2O3/c1-2-21-13-6-3-11(4-7-13)10-17-14-9-12(16)5-8-15(14)18(19)20/h3-9,17H,2,10H2,1H3. The van der Waals surface area contributed by atoms with Crippen LogP contribution in [0.2, 0.25) is 5.02 Å². The molecule has 0 spiro atoms. The van der Waals surface area contributed by atoms with Crippen molar-refractivity contribution in [2.24, 2.45) is 0 Å². The van der Waals surface area contributed by atoms with Crippen molar-refractivity contribution in [2.45, 2.75) is 13.5 Å². The summed E-state index contributed by atoms with van der Waals surface area (Å²) in [5.74, 6) is 0.801. The van der Waals surface area contributed by atoms with Gasteiger partial charge < -0.3 is 10.1 Å². The molecule has 5 nitrogen and oxygen atoms in total. The average Bonchev–Trinajstić information content (AvgIpc) is 2.46. The summed E-state index contributed by atoms with van der Waals surface area (Å²) >= 11 is 5.88. The van der Waals surface area contributed by atoms with Crippen molar-refractivity contribution in [3.8, 4) is 5.75 Å². The second-order valence-corrected chi connectivity index (χ2v) is 4.79. The molecule has 2 rings (SSSR count). The maximum atomic E-state index is 11.0. The van der Waals surface area contributed by atoms with Gasteiger partial charge in [0, 0.05) is 17.6 Å². The van der Waals surface area contributed by atoms with E-state index in [1.807, 2.05) is 31.2 Å². The van der Waals surface area contributed by atoms with Gasteiger partial charge in [-0.1, -0.05) is 23.7 Å². The van der Waals surface area contributed by atoms with Crippen LogP contribution in [0.1, 0.15) is 12.5 Å². The summed E-state index contributed by atoms with van der Waals surface area (Å²) in [7, 11) is 0. The molecule has 1 N–H and O–H groups in total. The number of nitrogens with zero attached hydrogens (tertiary/aromatic N) is 1. The van der Waals surface area contributed by atoms with Gasteiger partial charge >= 0.3 is 0 Å². The number of hydrogen-bond acceptors (Lipinski definition) is 4. The van der Waals surface area contributed by atoms with Crippen molar-refractivity contribution in [3.63, 3.8) is 0 Å². The van der Waals surface area contributed by atoms with E-state index in [4.69, 9.17) is 16.3 Å². The van der Waals surface area contributed by atoms with Gasteiger partial charge in [-0.25, -0.2) is 0 Å². The Balaban J connectivity index is 2.08. The predicted molar refractivity (Wildman–Crippen MR) is 83.0 cm³/mol. The van der Waals surface area contributed by atoms with E-state index in [0.717, 1.165) is 11.3 Å². The third-order valence-corrected chi connectivity index (χ3v) is 3.11. The van der Waals surface area contributed by atoms with Crippen LogP contribution in [0.15, 0.2) is 42.5 Å². The maximum Gasteiger partial charge on any atom is 0.292 e. The SMILES string of the molecule is CCOc1ccc(CNc2cc(Cl)ccc2[N+](=O)[O-])cc1. The van der Waals surface area contributed by atoms with Crippen molar-refractivity contribution in [1.82, 2.24) is 0 Å². The molecule has 0 aliphatic heterocycles. The fourth-order valence-corrected chi connectivity index (χ4v) is 2.05. The van der Waals surface area contributed by atoms with Gasteiger partial charge in [-0.2, -0.15) is 0 Å². The number of nitro benzene ring substituents is 1. The number of nitrogens with one attached hydrogen (secondary N) is 1. The van der Waals surface area contributed by atoms with Gasteiger partial charge in [-0.05, 0) is 36.8 Å². The summed E-state index contributed by atoms with van der Waals surface area (Å²) in [4.78, 5) is 10.5. The first-order chi connectivity index (χ1) is 10.1. The molecule has 21 heavy (non-hydrogen) atoms. The smallest absolute Gasteiger partial charge is 0.292 e. The fourth-order valence-electron chi connectivity index (χ4n) is 1.88. The molecule has 2 aromatic carbocycles. The number of nitro groups is 1. The largest absolute Gasteiger partial charge is 0.494 e. The van der Waals surface area contributed by atoms with Gasteiger partial charge in [0.15, 0.2) is 0 Å². The Hall–Kier alpha value is -2.27. The van der Waals surface area contributed by atoms with Gasteiger partial charge in [-0.15, -0.1) is 0 Å². The minimum atomic E-state index is -0.434. The Labute approximate surface area is 127 Å². The molecule has 2 aromatic rings. The molecule has 0 aromatic heterocycles. The molecule has 0 heterocycles. The van der Waals surface area contributed by atoms with Crippen LogP contribution < -0.4 is 10.1 Å². The number of rotatable bonds is 6. The zero-order chi connectivity index (χ0) is 15.2. The van der Waals surface area contributed by atoms with Gasteiger partial charge in [-0.3, -0.25) is 10.1 Å². The Morgan fingerprint density at radius 1 is 1.24 bits per heavy atom. The quantitative estimate of drug-likeness (QED) is 0.640. The minimum Gasteiger partial charge on any atom is -0.494 e. The zero-order valence-corrected chi connectivity index (χ0v) is 12.3. The second kappa shape index (κ2) is 6.95. The average molecular weight is 307 g/mol. The summed E-state index contributed by atoms with van der Waals surface area (Å²) < 4.78 is 5.36. The van der Waals surface area contributed by atoms with E-state index in [1.165, 1.54) is 12.1 Å². The normalized spacial score (nSPS) is 10.2. The van der Waals surface area contributed by atoms with Crippen LogP contribution >= 0.6 is 11.6 Å². The van der Waals surface area contributed by atoms with Crippen LogP contribution in [-0.2, 0) is 6.54 Å². The topological polar surface area (TPSA) is 64.4 Å². The van der Waals surface area contributed by atoms with Gasteiger partial charge in [0.05, 0.1) is 11.5 Å². The Bertz CT molecular complexity index is 629. The Morgan fingerprint density at radius 3 is 2.57 bits per heavy atom. The summed E-state index contributed by atoms with van der Waals surface area (Å²) in [5.41, 5.74) is 1.40. The molecule has 6 heteroatoms. The lowest BCUT2D eigenvalue weighted by Crippen LogP contribution is -2.02. The van der Waals surface area contributed by atoms with E-state index >= 15 is 0 Å². The summed E-state index contributed by atoms with van der Waals surface area (Å²) in [6.45, 7) is 3.01. The molecule has 0 radical (unpaired) electrons. The highest BCUT2D eigenvalue weighted by Crippen LogP contribution is 2.28. The molecule has 110 valence electrons. The Morgan fingerprint density at radius 2 is 1.95 bits per heavy atom. The Kier molecular flexibility index (Phi) is 5.00. The number of benzene rings is 2. The summed E-state index contributed by atoms with van der Waals surface area (Å²) in [6.07, 6.45) is 0.